The van der Waals surface area contributed by atoms with Crippen molar-refractivity contribution < 1.29 is 19.5 Å². The smallest absolute Gasteiger partial charge is 0.329 e. The summed E-state index contributed by atoms with van der Waals surface area (Å²) in [4.78, 5) is 38.8. The molecule has 0 spiro atoms. The van der Waals surface area contributed by atoms with Crippen molar-refractivity contribution in [2.24, 2.45) is 0 Å². The second kappa shape index (κ2) is 5.90. The monoisotopic (exact) mass is 271 g/mol. The normalized spacial score (nSPS) is 17.7. The summed E-state index contributed by atoms with van der Waals surface area (Å²) in [5, 5.41) is 9.44. The first-order chi connectivity index (χ1) is 8.89. The Hall–Kier alpha value is -1.79. The molecule has 0 aromatic rings. The molecule has 0 bridgehead atoms. The number of carboxylic acids is 1. The largest absolute Gasteiger partial charge is 0.479 e. The standard InChI is InChI=1S/C12H21N3O4/c1-4-15(9-16)12(10(17)18)5-7-14(8-6-12)11(19)13(2)3/h9H,4-8H2,1-3H3,(H,17,18). The van der Waals surface area contributed by atoms with Crippen LogP contribution < -0.4 is 0 Å². The predicted octanol–water partition coefficient (Wildman–Crippen LogP) is 0.0655. The SMILES string of the molecule is CCN(C=O)C1(C(=O)O)CCN(C(=O)N(C)C)CC1. The maximum absolute atomic E-state index is 11.8. The Morgan fingerprint density at radius 2 is 1.84 bits per heavy atom. The molecular formula is C12H21N3O4. The fourth-order valence-corrected chi connectivity index (χ4v) is 2.45. The molecule has 108 valence electrons. The Morgan fingerprint density at radius 3 is 2.16 bits per heavy atom. The van der Waals surface area contributed by atoms with Crippen molar-refractivity contribution in [1.82, 2.24) is 14.7 Å². The second-order valence-corrected chi connectivity index (χ2v) is 4.89. The Kier molecular flexibility index (Phi) is 4.74. The van der Waals surface area contributed by atoms with Crippen LogP contribution in [0, 0.1) is 0 Å². The first-order valence-corrected chi connectivity index (χ1v) is 6.30. The molecule has 1 saturated heterocycles. The Labute approximate surface area is 112 Å². The molecule has 0 radical (unpaired) electrons. The van der Waals surface area contributed by atoms with E-state index in [1.165, 1.54) is 9.80 Å². The van der Waals surface area contributed by atoms with Gasteiger partial charge < -0.3 is 19.8 Å². The van der Waals surface area contributed by atoms with E-state index in [-0.39, 0.29) is 18.9 Å². The molecule has 0 saturated carbocycles. The summed E-state index contributed by atoms with van der Waals surface area (Å²) < 4.78 is 0. The van der Waals surface area contributed by atoms with Gasteiger partial charge in [-0.1, -0.05) is 0 Å². The average Bonchev–Trinajstić information content (AvgIpc) is 2.39. The molecular weight excluding hydrogens is 250 g/mol. The summed E-state index contributed by atoms with van der Waals surface area (Å²) in [5.41, 5.74) is -1.18. The van der Waals surface area contributed by atoms with Crippen molar-refractivity contribution in [1.29, 1.82) is 0 Å². The van der Waals surface area contributed by atoms with E-state index in [2.05, 4.69) is 0 Å². The topological polar surface area (TPSA) is 81.2 Å². The van der Waals surface area contributed by atoms with Gasteiger partial charge in [0.2, 0.25) is 6.41 Å². The van der Waals surface area contributed by atoms with Crippen LogP contribution in [0.2, 0.25) is 0 Å². The number of urea groups is 1. The van der Waals surface area contributed by atoms with Crippen LogP contribution >= 0.6 is 0 Å². The summed E-state index contributed by atoms with van der Waals surface area (Å²) in [5.74, 6) is -1.00. The van der Waals surface area contributed by atoms with E-state index in [1.54, 1.807) is 25.9 Å². The van der Waals surface area contributed by atoms with Crippen molar-refractivity contribution in [3.8, 4) is 0 Å². The van der Waals surface area contributed by atoms with Crippen molar-refractivity contribution in [2.75, 3.05) is 33.7 Å². The van der Waals surface area contributed by atoms with Crippen molar-refractivity contribution in [3.63, 3.8) is 0 Å². The van der Waals surface area contributed by atoms with Gasteiger partial charge >= 0.3 is 12.0 Å². The number of carbonyl (C=O) groups excluding carboxylic acids is 2. The number of likely N-dealkylation sites (N-methyl/N-ethyl adjacent to an activating group) is 1. The number of likely N-dealkylation sites (tertiary alicyclic amines) is 1. The van der Waals surface area contributed by atoms with Crippen LogP contribution in [0.1, 0.15) is 19.8 Å². The van der Waals surface area contributed by atoms with Crippen LogP contribution in [-0.4, -0.2) is 77.5 Å². The van der Waals surface area contributed by atoms with Gasteiger partial charge in [0.15, 0.2) is 0 Å². The molecule has 1 fully saturated rings. The van der Waals surface area contributed by atoms with E-state index in [0.29, 0.717) is 26.0 Å². The summed E-state index contributed by atoms with van der Waals surface area (Å²) in [6.45, 7) is 2.77. The van der Waals surface area contributed by atoms with E-state index in [1.807, 2.05) is 0 Å². The third kappa shape index (κ3) is 2.80. The molecule has 0 aromatic heterocycles. The lowest BCUT2D eigenvalue weighted by Gasteiger charge is -2.44. The van der Waals surface area contributed by atoms with Crippen LogP contribution in [0.15, 0.2) is 0 Å². The Balaban J connectivity index is 2.84. The van der Waals surface area contributed by atoms with Gasteiger partial charge in [0.05, 0.1) is 0 Å². The van der Waals surface area contributed by atoms with E-state index in [0.717, 1.165) is 0 Å². The number of piperidine rings is 1. The molecule has 1 aliphatic rings. The van der Waals surface area contributed by atoms with E-state index < -0.39 is 11.5 Å². The van der Waals surface area contributed by atoms with Gasteiger partial charge in [-0.2, -0.15) is 0 Å². The van der Waals surface area contributed by atoms with Gasteiger partial charge in [0, 0.05) is 33.7 Å². The average molecular weight is 271 g/mol. The Morgan fingerprint density at radius 1 is 1.32 bits per heavy atom. The number of carboxylic acid groups (broad SMARTS) is 1. The molecule has 1 aliphatic heterocycles. The highest BCUT2D eigenvalue weighted by Gasteiger charge is 2.46. The lowest BCUT2D eigenvalue weighted by atomic mass is 9.86. The van der Waals surface area contributed by atoms with Crippen LogP contribution in [0.4, 0.5) is 4.79 Å². The predicted molar refractivity (Wildman–Crippen MR) is 68.7 cm³/mol. The molecule has 1 heterocycles. The molecule has 0 unspecified atom stereocenters. The van der Waals surface area contributed by atoms with Gasteiger partial charge in [0.25, 0.3) is 0 Å². The highest BCUT2D eigenvalue weighted by Crippen LogP contribution is 2.28. The van der Waals surface area contributed by atoms with Gasteiger partial charge in [-0.25, -0.2) is 9.59 Å². The Bertz CT molecular complexity index is 362. The van der Waals surface area contributed by atoms with Gasteiger partial charge in [0.1, 0.15) is 5.54 Å². The highest BCUT2D eigenvalue weighted by atomic mass is 16.4. The zero-order valence-corrected chi connectivity index (χ0v) is 11.6. The fraction of sp³-hybridized carbons (Fsp3) is 0.750. The molecule has 19 heavy (non-hydrogen) atoms. The van der Waals surface area contributed by atoms with Crippen molar-refractivity contribution in [3.05, 3.63) is 0 Å². The molecule has 1 N–H and O–H groups in total. The van der Waals surface area contributed by atoms with Crippen molar-refractivity contribution in [2.45, 2.75) is 25.3 Å². The molecule has 1 rings (SSSR count). The number of carbonyl (C=O) groups is 3. The van der Waals surface area contributed by atoms with Crippen LogP contribution in [0.25, 0.3) is 0 Å². The first kappa shape index (κ1) is 15.3. The van der Waals surface area contributed by atoms with Crippen LogP contribution in [0.5, 0.6) is 0 Å². The number of hydrogen-bond acceptors (Lipinski definition) is 3. The minimum absolute atomic E-state index is 0.131. The quantitative estimate of drug-likeness (QED) is 0.733. The zero-order chi connectivity index (χ0) is 14.6. The third-order valence-corrected chi connectivity index (χ3v) is 3.66. The maximum Gasteiger partial charge on any atom is 0.329 e. The minimum atomic E-state index is -1.18. The van der Waals surface area contributed by atoms with E-state index >= 15 is 0 Å². The maximum atomic E-state index is 11.8. The van der Waals surface area contributed by atoms with Gasteiger partial charge in [-0.3, -0.25) is 4.79 Å². The number of hydrogen-bond donors (Lipinski definition) is 1. The summed E-state index contributed by atoms with van der Waals surface area (Å²) >= 11 is 0. The fourth-order valence-electron chi connectivity index (χ4n) is 2.45. The molecule has 7 heteroatoms. The van der Waals surface area contributed by atoms with E-state index in [4.69, 9.17) is 0 Å². The first-order valence-electron chi connectivity index (χ1n) is 6.30. The van der Waals surface area contributed by atoms with E-state index in [9.17, 15) is 19.5 Å². The number of rotatable bonds is 4. The number of amides is 3. The second-order valence-electron chi connectivity index (χ2n) is 4.89. The lowest BCUT2D eigenvalue weighted by molar-refractivity contribution is -0.158. The summed E-state index contributed by atoms with van der Waals surface area (Å²) in [6, 6.07) is -0.131. The number of nitrogens with zero attached hydrogens (tertiary/aromatic N) is 3. The van der Waals surface area contributed by atoms with Crippen LogP contribution in [-0.2, 0) is 9.59 Å². The highest BCUT2D eigenvalue weighted by molar-refractivity contribution is 5.82. The van der Waals surface area contributed by atoms with Gasteiger partial charge in [-0.05, 0) is 19.8 Å². The zero-order valence-electron chi connectivity index (χ0n) is 11.6. The summed E-state index contributed by atoms with van der Waals surface area (Å²) in [6.07, 6.45) is 1.10. The van der Waals surface area contributed by atoms with Crippen LogP contribution in [0.3, 0.4) is 0 Å². The molecule has 3 amide bonds. The molecule has 0 aromatic carbocycles. The molecule has 0 atom stereocenters. The summed E-state index contributed by atoms with van der Waals surface area (Å²) in [7, 11) is 3.32. The molecule has 7 nitrogen and oxygen atoms in total. The number of aliphatic carboxylic acids is 1. The molecule has 0 aliphatic carbocycles. The van der Waals surface area contributed by atoms with Gasteiger partial charge in [-0.15, -0.1) is 0 Å². The lowest BCUT2D eigenvalue weighted by Crippen LogP contribution is -2.61. The minimum Gasteiger partial charge on any atom is -0.479 e. The van der Waals surface area contributed by atoms with Crippen molar-refractivity contribution >= 4 is 18.4 Å². The third-order valence-electron chi connectivity index (χ3n) is 3.66.